The Labute approximate surface area is 154 Å². The summed E-state index contributed by atoms with van der Waals surface area (Å²) in [5.74, 6) is -0.685. The lowest BCUT2D eigenvalue weighted by atomic mass is 9.91. The van der Waals surface area contributed by atoms with Crippen molar-refractivity contribution >= 4 is 23.5 Å². The third-order valence-corrected chi connectivity index (χ3v) is 4.43. The number of carbonyl (C=O) groups is 2. The summed E-state index contributed by atoms with van der Waals surface area (Å²) in [4.78, 5) is 23.6. The Bertz CT molecular complexity index is 583. The molecule has 0 saturated carbocycles. The van der Waals surface area contributed by atoms with Crippen molar-refractivity contribution in [3.63, 3.8) is 0 Å². The number of phenolic OH excluding ortho intramolecular Hbond substituents is 1. The van der Waals surface area contributed by atoms with Crippen molar-refractivity contribution in [1.82, 2.24) is 0 Å². The van der Waals surface area contributed by atoms with Gasteiger partial charge in [0, 0.05) is 0 Å². The number of rotatable bonds is 10. The van der Waals surface area contributed by atoms with Gasteiger partial charge < -0.3 is 14.6 Å². The number of unbranched alkanes of at least 4 members (excludes halogenated alkanes) is 3. The van der Waals surface area contributed by atoms with Crippen LogP contribution in [0.2, 0.25) is 5.02 Å². The molecule has 0 atom stereocenters. The quantitative estimate of drug-likeness (QED) is 0.475. The third-order valence-electron chi connectivity index (χ3n) is 4.12. The summed E-state index contributed by atoms with van der Waals surface area (Å²) in [7, 11) is 0. The number of esters is 2. The zero-order chi connectivity index (χ0) is 18.9. The molecule has 0 spiro atoms. The van der Waals surface area contributed by atoms with Crippen molar-refractivity contribution in [1.29, 1.82) is 0 Å². The van der Waals surface area contributed by atoms with Gasteiger partial charge in [0.2, 0.25) is 0 Å². The minimum atomic E-state index is -0.461. The Morgan fingerprint density at radius 1 is 1.08 bits per heavy atom. The molecule has 0 aliphatic heterocycles. The molecule has 0 bridgehead atoms. The Morgan fingerprint density at radius 2 is 1.68 bits per heavy atom. The van der Waals surface area contributed by atoms with Gasteiger partial charge in [0.15, 0.2) is 0 Å². The van der Waals surface area contributed by atoms with Gasteiger partial charge in [0.25, 0.3) is 0 Å². The Balaban J connectivity index is 2.11. The van der Waals surface area contributed by atoms with Crippen LogP contribution in [0.1, 0.15) is 63.2 Å². The Hall–Kier alpha value is -1.75. The predicted octanol–water partition coefficient (Wildman–Crippen LogP) is 4.74. The lowest BCUT2D eigenvalue weighted by Gasteiger charge is -2.20. The number of phenols is 1. The lowest BCUT2D eigenvalue weighted by Crippen LogP contribution is -2.26. The van der Waals surface area contributed by atoms with Crippen LogP contribution in [0.5, 0.6) is 5.75 Å². The van der Waals surface area contributed by atoms with E-state index in [2.05, 4.69) is 0 Å². The standard InChI is InChI=1S/C19H27ClO5/c1-4-19(2,3)18(23)25-12-8-6-5-7-11-24-17(22)14-9-10-16(21)15(20)13-14/h9-10,13,21H,4-8,11-12H2,1-3H3. The molecular formula is C19H27ClO5. The van der Waals surface area contributed by atoms with E-state index in [4.69, 9.17) is 21.1 Å². The Kier molecular flexibility index (Phi) is 8.76. The van der Waals surface area contributed by atoms with Gasteiger partial charge in [0.1, 0.15) is 5.75 Å². The van der Waals surface area contributed by atoms with E-state index in [1.54, 1.807) is 0 Å². The van der Waals surface area contributed by atoms with Crippen LogP contribution in [0.4, 0.5) is 0 Å². The zero-order valence-corrected chi connectivity index (χ0v) is 15.9. The van der Waals surface area contributed by atoms with Crippen LogP contribution in [-0.4, -0.2) is 30.3 Å². The number of benzene rings is 1. The molecule has 1 aromatic carbocycles. The minimum Gasteiger partial charge on any atom is -0.506 e. The molecule has 0 amide bonds. The molecule has 0 saturated heterocycles. The second-order valence-corrected chi connectivity index (χ2v) is 7.00. The van der Waals surface area contributed by atoms with Gasteiger partial charge in [-0.05, 0) is 64.2 Å². The summed E-state index contributed by atoms with van der Waals surface area (Å²) in [5, 5.41) is 9.44. The van der Waals surface area contributed by atoms with Gasteiger partial charge in [-0.25, -0.2) is 4.79 Å². The molecule has 0 radical (unpaired) electrons. The molecule has 5 nitrogen and oxygen atoms in total. The molecule has 0 aliphatic carbocycles. The van der Waals surface area contributed by atoms with Gasteiger partial charge >= 0.3 is 11.9 Å². The first-order valence-electron chi connectivity index (χ1n) is 8.61. The summed E-state index contributed by atoms with van der Waals surface area (Å²) in [6, 6.07) is 4.21. The molecule has 0 heterocycles. The maximum Gasteiger partial charge on any atom is 0.338 e. The predicted molar refractivity (Wildman–Crippen MR) is 96.9 cm³/mol. The smallest absolute Gasteiger partial charge is 0.338 e. The van der Waals surface area contributed by atoms with Gasteiger partial charge in [-0.1, -0.05) is 18.5 Å². The van der Waals surface area contributed by atoms with E-state index >= 15 is 0 Å². The number of aromatic hydroxyl groups is 1. The normalized spacial score (nSPS) is 11.2. The first-order valence-corrected chi connectivity index (χ1v) is 8.98. The van der Waals surface area contributed by atoms with Crippen LogP contribution in [-0.2, 0) is 14.3 Å². The van der Waals surface area contributed by atoms with Crippen LogP contribution in [0, 0.1) is 5.41 Å². The van der Waals surface area contributed by atoms with Crippen LogP contribution in [0.15, 0.2) is 18.2 Å². The minimum absolute atomic E-state index is 0.0683. The topological polar surface area (TPSA) is 72.8 Å². The largest absolute Gasteiger partial charge is 0.506 e. The Morgan fingerprint density at radius 3 is 2.24 bits per heavy atom. The van der Waals surface area contributed by atoms with Crippen molar-refractivity contribution in [3.05, 3.63) is 28.8 Å². The highest BCUT2D eigenvalue weighted by molar-refractivity contribution is 6.32. The fourth-order valence-electron chi connectivity index (χ4n) is 1.94. The number of carbonyl (C=O) groups excluding carboxylic acids is 2. The molecule has 6 heteroatoms. The molecule has 0 aromatic heterocycles. The number of hydrogen-bond acceptors (Lipinski definition) is 5. The molecule has 1 rings (SSSR count). The highest BCUT2D eigenvalue weighted by Crippen LogP contribution is 2.24. The highest BCUT2D eigenvalue weighted by Gasteiger charge is 2.26. The van der Waals surface area contributed by atoms with Crippen LogP contribution in [0.3, 0.4) is 0 Å². The van der Waals surface area contributed by atoms with Gasteiger partial charge in [0.05, 0.1) is 29.2 Å². The van der Waals surface area contributed by atoms with Gasteiger partial charge in [-0.3, -0.25) is 4.79 Å². The maximum atomic E-state index is 11.8. The van der Waals surface area contributed by atoms with E-state index in [0.29, 0.717) is 18.8 Å². The van der Waals surface area contributed by atoms with E-state index in [1.807, 2.05) is 20.8 Å². The monoisotopic (exact) mass is 370 g/mol. The van der Waals surface area contributed by atoms with Crippen molar-refractivity contribution in [2.45, 2.75) is 52.9 Å². The van der Waals surface area contributed by atoms with Crippen molar-refractivity contribution in [2.75, 3.05) is 13.2 Å². The molecule has 0 unspecified atom stereocenters. The van der Waals surface area contributed by atoms with Crippen LogP contribution in [0.25, 0.3) is 0 Å². The summed E-state index contributed by atoms with van der Waals surface area (Å²) >= 11 is 5.76. The second kappa shape index (κ2) is 10.3. The second-order valence-electron chi connectivity index (χ2n) is 6.59. The van der Waals surface area contributed by atoms with Gasteiger partial charge in [-0.15, -0.1) is 0 Å². The molecule has 140 valence electrons. The first kappa shape index (κ1) is 21.3. The highest BCUT2D eigenvalue weighted by atomic mass is 35.5. The van der Waals surface area contributed by atoms with Crippen LogP contribution >= 0.6 is 11.6 Å². The zero-order valence-electron chi connectivity index (χ0n) is 15.1. The number of ether oxygens (including phenoxy) is 2. The molecule has 0 fully saturated rings. The third kappa shape index (κ3) is 7.34. The number of hydrogen-bond donors (Lipinski definition) is 1. The van der Waals surface area contributed by atoms with Crippen molar-refractivity contribution in [3.8, 4) is 5.75 Å². The number of halogens is 1. The van der Waals surface area contributed by atoms with Crippen LogP contribution < -0.4 is 0 Å². The van der Waals surface area contributed by atoms with Gasteiger partial charge in [-0.2, -0.15) is 0 Å². The summed E-state index contributed by atoms with van der Waals surface area (Å²) in [6.07, 6.45) is 4.09. The van der Waals surface area contributed by atoms with Crippen molar-refractivity contribution in [2.24, 2.45) is 5.41 Å². The summed E-state index contributed by atoms with van der Waals surface area (Å²) in [6.45, 7) is 6.47. The summed E-state index contributed by atoms with van der Waals surface area (Å²) in [5.41, 5.74) is -0.112. The SMILES string of the molecule is CCC(C)(C)C(=O)OCCCCCCOC(=O)c1ccc(O)c(Cl)c1. The van der Waals surface area contributed by atoms with E-state index in [9.17, 15) is 14.7 Å². The van der Waals surface area contributed by atoms with Crippen molar-refractivity contribution < 1.29 is 24.2 Å². The molecule has 1 aromatic rings. The molecule has 0 aliphatic rings. The van der Waals surface area contributed by atoms with E-state index < -0.39 is 11.4 Å². The maximum absolute atomic E-state index is 11.8. The first-order chi connectivity index (χ1) is 11.8. The lowest BCUT2D eigenvalue weighted by molar-refractivity contribution is -0.154. The average molecular weight is 371 g/mol. The molecule has 25 heavy (non-hydrogen) atoms. The molecule has 1 N–H and O–H groups in total. The average Bonchev–Trinajstić information content (AvgIpc) is 2.59. The molecular weight excluding hydrogens is 344 g/mol. The van der Waals surface area contributed by atoms with E-state index in [0.717, 1.165) is 32.1 Å². The fraction of sp³-hybridized carbons (Fsp3) is 0.579. The van der Waals surface area contributed by atoms with E-state index in [1.165, 1.54) is 18.2 Å². The summed E-state index contributed by atoms with van der Waals surface area (Å²) < 4.78 is 10.4. The van der Waals surface area contributed by atoms with E-state index in [-0.39, 0.29) is 16.7 Å². The fourth-order valence-corrected chi connectivity index (χ4v) is 2.12.